The van der Waals surface area contributed by atoms with E-state index in [-0.39, 0.29) is 0 Å². The van der Waals surface area contributed by atoms with Gasteiger partial charge in [0.15, 0.2) is 12.4 Å². The number of aryl methyl sites for hydroxylation is 1. The van der Waals surface area contributed by atoms with Crippen LogP contribution in [0.3, 0.4) is 0 Å². The Balaban J connectivity index is 2.43. The third-order valence-corrected chi connectivity index (χ3v) is 2.17. The van der Waals surface area contributed by atoms with Gasteiger partial charge in [0.25, 0.3) is 0 Å². The highest BCUT2D eigenvalue weighted by molar-refractivity contribution is 5.23. The third-order valence-electron chi connectivity index (χ3n) is 2.17. The van der Waals surface area contributed by atoms with Gasteiger partial charge >= 0.3 is 0 Å². The first-order chi connectivity index (χ1) is 5.36. The standard InChI is InChI=1S/C9H13N2/c1-11-5-3-8-6-10-4-2-9(8)7-11/h3,5,7,10H,2,4,6H2,1H3/q+1. The van der Waals surface area contributed by atoms with E-state index in [1.807, 2.05) is 0 Å². The molecule has 0 amide bonds. The average Bonchev–Trinajstić information content (AvgIpc) is 2.04. The highest BCUT2D eigenvalue weighted by Gasteiger charge is 2.10. The lowest BCUT2D eigenvalue weighted by atomic mass is 10.0. The maximum atomic E-state index is 3.35. The fraction of sp³-hybridized carbons (Fsp3) is 0.444. The smallest absolute Gasteiger partial charge is 0.172 e. The summed E-state index contributed by atoms with van der Waals surface area (Å²) < 4.78 is 2.12. The molecule has 1 aliphatic rings. The number of rotatable bonds is 0. The Morgan fingerprint density at radius 2 is 2.36 bits per heavy atom. The zero-order valence-corrected chi connectivity index (χ0v) is 6.80. The average molecular weight is 149 g/mol. The summed E-state index contributed by atoms with van der Waals surface area (Å²) >= 11 is 0. The summed E-state index contributed by atoms with van der Waals surface area (Å²) in [6.45, 7) is 2.16. The second kappa shape index (κ2) is 2.62. The maximum Gasteiger partial charge on any atom is 0.172 e. The second-order valence-corrected chi connectivity index (χ2v) is 3.09. The Hall–Kier alpha value is -0.890. The Bertz CT molecular complexity index is 268. The van der Waals surface area contributed by atoms with Crippen LogP contribution in [0.4, 0.5) is 0 Å². The Labute approximate surface area is 66.9 Å². The van der Waals surface area contributed by atoms with Gasteiger partial charge in [-0.2, -0.15) is 0 Å². The molecule has 2 rings (SSSR count). The van der Waals surface area contributed by atoms with Crippen molar-refractivity contribution in [2.24, 2.45) is 7.05 Å². The van der Waals surface area contributed by atoms with Crippen molar-refractivity contribution in [3.63, 3.8) is 0 Å². The van der Waals surface area contributed by atoms with E-state index in [2.05, 4.69) is 35.4 Å². The highest BCUT2D eigenvalue weighted by Crippen LogP contribution is 2.09. The lowest BCUT2D eigenvalue weighted by Crippen LogP contribution is -2.32. The zero-order chi connectivity index (χ0) is 7.68. The van der Waals surface area contributed by atoms with Gasteiger partial charge < -0.3 is 5.32 Å². The summed E-state index contributed by atoms with van der Waals surface area (Å²) in [7, 11) is 2.07. The van der Waals surface area contributed by atoms with Crippen molar-refractivity contribution < 1.29 is 4.57 Å². The van der Waals surface area contributed by atoms with E-state index in [1.165, 1.54) is 17.5 Å². The fourth-order valence-corrected chi connectivity index (χ4v) is 1.53. The molecule has 58 valence electrons. The summed E-state index contributed by atoms with van der Waals surface area (Å²) in [5.74, 6) is 0. The second-order valence-electron chi connectivity index (χ2n) is 3.09. The van der Waals surface area contributed by atoms with Crippen molar-refractivity contribution in [1.29, 1.82) is 0 Å². The van der Waals surface area contributed by atoms with Crippen LogP contribution < -0.4 is 9.88 Å². The topological polar surface area (TPSA) is 15.9 Å². The van der Waals surface area contributed by atoms with Gasteiger partial charge in [0, 0.05) is 18.2 Å². The monoisotopic (exact) mass is 149 g/mol. The molecule has 0 saturated heterocycles. The van der Waals surface area contributed by atoms with Crippen LogP contribution in [0.15, 0.2) is 18.5 Å². The van der Waals surface area contributed by atoms with E-state index in [4.69, 9.17) is 0 Å². The molecular weight excluding hydrogens is 136 g/mol. The SMILES string of the molecule is C[n+]1ccc2c(c1)CCNC2. The minimum atomic E-state index is 1.04. The number of hydrogen-bond donors (Lipinski definition) is 1. The molecule has 0 fully saturated rings. The van der Waals surface area contributed by atoms with E-state index in [9.17, 15) is 0 Å². The summed E-state index contributed by atoms with van der Waals surface area (Å²) in [5, 5.41) is 3.35. The quantitative estimate of drug-likeness (QED) is 0.519. The van der Waals surface area contributed by atoms with Crippen LogP contribution in [0, 0.1) is 0 Å². The van der Waals surface area contributed by atoms with Gasteiger partial charge in [-0.25, -0.2) is 4.57 Å². The summed E-state index contributed by atoms with van der Waals surface area (Å²) in [5.41, 5.74) is 2.95. The van der Waals surface area contributed by atoms with E-state index >= 15 is 0 Å². The molecule has 2 nitrogen and oxygen atoms in total. The van der Waals surface area contributed by atoms with Gasteiger partial charge in [0.1, 0.15) is 7.05 Å². The predicted molar refractivity (Wildman–Crippen MR) is 43.0 cm³/mol. The van der Waals surface area contributed by atoms with Crippen LogP contribution in [0.1, 0.15) is 11.1 Å². The number of hydrogen-bond acceptors (Lipinski definition) is 1. The van der Waals surface area contributed by atoms with Crippen LogP contribution >= 0.6 is 0 Å². The van der Waals surface area contributed by atoms with Crippen molar-refractivity contribution in [3.8, 4) is 0 Å². The molecule has 1 aromatic rings. The van der Waals surface area contributed by atoms with Gasteiger partial charge in [0.05, 0.1) is 0 Å². The first kappa shape index (κ1) is 6.80. The van der Waals surface area contributed by atoms with Gasteiger partial charge in [-0.05, 0) is 18.5 Å². The van der Waals surface area contributed by atoms with Gasteiger partial charge in [-0.15, -0.1) is 0 Å². The summed E-state index contributed by atoms with van der Waals surface area (Å²) in [4.78, 5) is 0. The number of nitrogens with one attached hydrogen (secondary N) is 1. The van der Waals surface area contributed by atoms with Gasteiger partial charge in [0.2, 0.25) is 0 Å². The lowest BCUT2D eigenvalue weighted by molar-refractivity contribution is -0.672. The molecule has 11 heavy (non-hydrogen) atoms. The fourth-order valence-electron chi connectivity index (χ4n) is 1.53. The summed E-state index contributed by atoms with van der Waals surface area (Å²) in [6.07, 6.45) is 5.49. The molecule has 0 bridgehead atoms. The molecule has 0 saturated carbocycles. The number of fused-ring (bicyclic) bond motifs is 1. The lowest BCUT2D eigenvalue weighted by Gasteiger charge is -2.14. The molecule has 0 atom stereocenters. The van der Waals surface area contributed by atoms with Crippen molar-refractivity contribution in [2.75, 3.05) is 6.54 Å². The molecule has 1 aliphatic heterocycles. The molecule has 0 aliphatic carbocycles. The van der Waals surface area contributed by atoms with Gasteiger partial charge in [-0.1, -0.05) is 0 Å². The van der Waals surface area contributed by atoms with E-state index in [0.717, 1.165) is 13.1 Å². The van der Waals surface area contributed by atoms with E-state index < -0.39 is 0 Å². The number of aromatic nitrogens is 1. The predicted octanol–water partition coefficient (Wildman–Crippen LogP) is 0.157. The van der Waals surface area contributed by atoms with E-state index in [0.29, 0.717) is 0 Å². The first-order valence-electron chi connectivity index (χ1n) is 4.04. The van der Waals surface area contributed by atoms with Crippen LogP contribution in [0.5, 0.6) is 0 Å². The molecule has 0 aromatic carbocycles. The third kappa shape index (κ3) is 1.26. The molecule has 1 aromatic heterocycles. The van der Waals surface area contributed by atoms with E-state index in [1.54, 1.807) is 0 Å². The first-order valence-corrected chi connectivity index (χ1v) is 4.04. The molecule has 0 spiro atoms. The molecule has 2 heterocycles. The molecule has 2 heteroatoms. The van der Waals surface area contributed by atoms with Crippen molar-refractivity contribution in [2.45, 2.75) is 13.0 Å². The zero-order valence-electron chi connectivity index (χ0n) is 6.80. The highest BCUT2D eigenvalue weighted by atomic mass is 14.9. The minimum absolute atomic E-state index is 1.04. The van der Waals surface area contributed by atoms with Gasteiger partial charge in [-0.3, -0.25) is 0 Å². The van der Waals surface area contributed by atoms with Crippen LogP contribution in [-0.2, 0) is 20.0 Å². The molecular formula is C9H13N2+. The minimum Gasteiger partial charge on any atom is -0.312 e. The normalized spacial score (nSPS) is 16.1. The Kier molecular flexibility index (Phi) is 1.62. The molecule has 0 unspecified atom stereocenters. The molecule has 1 N–H and O–H groups in total. The Morgan fingerprint density at radius 3 is 3.27 bits per heavy atom. The maximum absolute atomic E-state index is 3.35. The largest absolute Gasteiger partial charge is 0.312 e. The van der Waals surface area contributed by atoms with Crippen molar-refractivity contribution in [3.05, 3.63) is 29.6 Å². The molecule has 0 radical (unpaired) electrons. The summed E-state index contributed by atoms with van der Waals surface area (Å²) in [6, 6.07) is 2.20. The number of pyridine rings is 1. The van der Waals surface area contributed by atoms with Crippen molar-refractivity contribution in [1.82, 2.24) is 5.32 Å². The van der Waals surface area contributed by atoms with Crippen LogP contribution in [0.25, 0.3) is 0 Å². The van der Waals surface area contributed by atoms with Crippen molar-refractivity contribution >= 4 is 0 Å². The Morgan fingerprint density at radius 1 is 1.45 bits per heavy atom. The van der Waals surface area contributed by atoms with Crippen LogP contribution in [0.2, 0.25) is 0 Å². The number of nitrogens with zero attached hydrogens (tertiary/aromatic N) is 1. The van der Waals surface area contributed by atoms with Crippen LogP contribution in [-0.4, -0.2) is 6.54 Å².